The second-order valence-electron chi connectivity index (χ2n) is 5.03. The molecule has 0 N–H and O–H groups in total. The van der Waals surface area contributed by atoms with E-state index >= 15 is 0 Å². The molecular formula is C17H16BrClN2O. The number of aryl methyl sites for hydroxylation is 1. The van der Waals surface area contributed by atoms with Gasteiger partial charge in [0.1, 0.15) is 11.4 Å². The molecular weight excluding hydrogens is 364 g/mol. The molecule has 0 aliphatic rings. The van der Waals surface area contributed by atoms with Crippen LogP contribution in [0, 0.1) is 6.92 Å². The van der Waals surface area contributed by atoms with Gasteiger partial charge in [0.2, 0.25) is 0 Å². The second kappa shape index (κ2) is 6.31. The molecule has 0 aliphatic heterocycles. The molecule has 22 heavy (non-hydrogen) atoms. The summed E-state index contributed by atoms with van der Waals surface area (Å²) < 4.78 is 8.56. The quantitative estimate of drug-likeness (QED) is 0.582. The normalized spacial score (nSPS) is 11.1. The Hall–Kier alpha value is -1.52. The number of ether oxygens (including phenoxy) is 1. The van der Waals surface area contributed by atoms with E-state index in [0.717, 1.165) is 38.4 Å². The standard InChI is InChI=1S/C17H16BrClN2O/c1-3-22-14-6-4-12(5-7-14)16-15(9-19)21-10-13(18)8-11(2)17(21)20-16/h4-8,10H,3,9H2,1-2H3. The fourth-order valence-electron chi connectivity index (χ4n) is 2.55. The van der Waals surface area contributed by atoms with Crippen molar-refractivity contribution in [3.05, 3.63) is 52.3 Å². The van der Waals surface area contributed by atoms with Gasteiger partial charge >= 0.3 is 0 Å². The number of hydrogen-bond donors (Lipinski definition) is 0. The number of fused-ring (bicyclic) bond motifs is 1. The molecule has 0 aliphatic carbocycles. The second-order valence-corrected chi connectivity index (χ2v) is 6.22. The monoisotopic (exact) mass is 378 g/mol. The van der Waals surface area contributed by atoms with Crippen molar-refractivity contribution < 1.29 is 4.74 Å². The molecule has 114 valence electrons. The van der Waals surface area contributed by atoms with Crippen molar-refractivity contribution in [2.75, 3.05) is 6.61 Å². The Morgan fingerprint density at radius 3 is 2.64 bits per heavy atom. The first kappa shape index (κ1) is 15.4. The van der Waals surface area contributed by atoms with Crippen molar-refractivity contribution in [1.82, 2.24) is 9.38 Å². The highest BCUT2D eigenvalue weighted by Gasteiger charge is 2.15. The Labute approximate surface area is 143 Å². The number of aromatic nitrogens is 2. The number of pyridine rings is 1. The summed E-state index contributed by atoms with van der Waals surface area (Å²) in [5, 5.41) is 0. The molecule has 3 aromatic rings. The summed E-state index contributed by atoms with van der Waals surface area (Å²) in [6, 6.07) is 10.0. The average Bonchev–Trinajstić information content (AvgIpc) is 2.87. The number of alkyl halides is 1. The number of nitrogens with zero attached hydrogens (tertiary/aromatic N) is 2. The maximum absolute atomic E-state index is 6.19. The summed E-state index contributed by atoms with van der Waals surface area (Å²) in [5.41, 5.74) is 4.99. The lowest BCUT2D eigenvalue weighted by molar-refractivity contribution is 0.340. The van der Waals surface area contributed by atoms with Gasteiger partial charge in [0.05, 0.1) is 23.9 Å². The molecule has 0 spiro atoms. The van der Waals surface area contributed by atoms with Gasteiger partial charge in [0.15, 0.2) is 0 Å². The van der Waals surface area contributed by atoms with Crippen LogP contribution in [-0.4, -0.2) is 16.0 Å². The minimum atomic E-state index is 0.402. The van der Waals surface area contributed by atoms with Crippen molar-refractivity contribution in [2.24, 2.45) is 0 Å². The van der Waals surface area contributed by atoms with Gasteiger partial charge in [-0.15, -0.1) is 11.6 Å². The highest BCUT2D eigenvalue weighted by Crippen LogP contribution is 2.29. The van der Waals surface area contributed by atoms with Crippen LogP contribution in [0.5, 0.6) is 5.75 Å². The molecule has 0 unspecified atom stereocenters. The van der Waals surface area contributed by atoms with E-state index in [-0.39, 0.29) is 0 Å². The van der Waals surface area contributed by atoms with Crippen LogP contribution in [-0.2, 0) is 5.88 Å². The number of hydrogen-bond acceptors (Lipinski definition) is 2. The largest absolute Gasteiger partial charge is 0.494 e. The first-order chi connectivity index (χ1) is 10.6. The van der Waals surface area contributed by atoms with Gasteiger partial charge in [-0.3, -0.25) is 0 Å². The average molecular weight is 380 g/mol. The Morgan fingerprint density at radius 2 is 2.00 bits per heavy atom. The van der Waals surface area contributed by atoms with Crippen LogP contribution in [0.2, 0.25) is 0 Å². The van der Waals surface area contributed by atoms with Gasteiger partial charge in [0.25, 0.3) is 0 Å². The Kier molecular flexibility index (Phi) is 4.41. The predicted molar refractivity (Wildman–Crippen MR) is 93.8 cm³/mol. The summed E-state index contributed by atoms with van der Waals surface area (Å²) in [7, 11) is 0. The van der Waals surface area contributed by atoms with E-state index in [9.17, 15) is 0 Å². The van der Waals surface area contributed by atoms with Crippen LogP contribution in [0.25, 0.3) is 16.9 Å². The minimum Gasteiger partial charge on any atom is -0.494 e. The topological polar surface area (TPSA) is 26.5 Å². The lowest BCUT2D eigenvalue weighted by Gasteiger charge is -2.05. The maximum atomic E-state index is 6.19. The molecule has 0 saturated heterocycles. The van der Waals surface area contributed by atoms with E-state index in [1.54, 1.807) is 0 Å². The highest BCUT2D eigenvalue weighted by molar-refractivity contribution is 9.10. The van der Waals surface area contributed by atoms with Gasteiger partial charge in [-0.1, -0.05) is 0 Å². The van der Waals surface area contributed by atoms with E-state index in [1.165, 1.54) is 0 Å². The van der Waals surface area contributed by atoms with E-state index in [1.807, 2.05) is 44.3 Å². The molecule has 1 aromatic carbocycles. The summed E-state index contributed by atoms with van der Waals surface area (Å²) in [6.45, 7) is 4.68. The lowest BCUT2D eigenvalue weighted by atomic mass is 10.1. The van der Waals surface area contributed by atoms with Crippen molar-refractivity contribution >= 4 is 33.2 Å². The van der Waals surface area contributed by atoms with Crippen LogP contribution >= 0.6 is 27.5 Å². The van der Waals surface area contributed by atoms with Crippen LogP contribution in [0.1, 0.15) is 18.2 Å². The molecule has 0 atom stereocenters. The summed E-state index contributed by atoms with van der Waals surface area (Å²) >= 11 is 9.72. The number of rotatable bonds is 4. The molecule has 0 radical (unpaired) electrons. The summed E-state index contributed by atoms with van der Waals surface area (Å²) in [5.74, 6) is 1.26. The van der Waals surface area contributed by atoms with E-state index in [0.29, 0.717) is 12.5 Å². The highest BCUT2D eigenvalue weighted by atomic mass is 79.9. The first-order valence-electron chi connectivity index (χ1n) is 7.10. The molecule has 0 bridgehead atoms. The molecule has 0 amide bonds. The number of imidazole rings is 1. The third-order valence-corrected chi connectivity index (χ3v) is 4.22. The SMILES string of the molecule is CCOc1ccc(-c2nc3c(C)cc(Br)cn3c2CCl)cc1. The van der Waals surface area contributed by atoms with Crippen molar-refractivity contribution in [3.63, 3.8) is 0 Å². The molecule has 0 fully saturated rings. The van der Waals surface area contributed by atoms with Crippen molar-refractivity contribution in [3.8, 4) is 17.0 Å². The van der Waals surface area contributed by atoms with E-state index in [4.69, 9.17) is 21.3 Å². The van der Waals surface area contributed by atoms with Crippen molar-refractivity contribution in [2.45, 2.75) is 19.7 Å². The zero-order valence-electron chi connectivity index (χ0n) is 12.4. The summed E-state index contributed by atoms with van der Waals surface area (Å²) in [4.78, 5) is 4.79. The molecule has 2 heterocycles. The Balaban J connectivity index is 2.15. The molecule has 3 rings (SSSR count). The minimum absolute atomic E-state index is 0.402. The van der Waals surface area contributed by atoms with Crippen LogP contribution in [0.3, 0.4) is 0 Å². The van der Waals surface area contributed by atoms with Crippen LogP contribution in [0.4, 0.5) is 0 Å². The van der Waals surface area contributed by atoms with Crippen LogP contribution < -0.4 is 4.74 Å². The van der Waals surface area contributed by atoms with Crippen molar-refractivity contribution in [1.29, 1.82) is 0 Å². The van der Waals surface area contributed by atoms with E-state index < -0.39 is 0 Å². The predicted octanol–water partition coefficient (Wildman–Crippen LogP) is 5.21. The molecule has 3 nitrogen and oxygen atoms in total. The number of benzene rings is 1. The Morgan fingerprint density at radius 1 is 1.27 bits per heavy atom. The summed E-state index contributed by atoms with van der Waals surface area (Å²) in [6.07, 6.45) is 2.01. The molecule has 5 heteroatoms. The van der Waals surface area contributed by atoms with Gasteiger partial charge < -0.3 is 9.14 Å². The molecule has 2 aromatic heterocycles. The third kappa shape index (κ3) is 2.73. The third-order valence-electron chi connectivity index (χ3n) is 3.53. The number of halogens is 2. The maximum Gasteiger partial charge on any atom is 0.140 e. The lowest BCUT2D eigenvalue weighted by Crippen LogP contribution is -1.93. The zero-order chi connectivity index (χ0) is 15.7. The van der Waals surface area contributed by atoms with Gasteiger partial charge in [-0.2, -0.15) is 0 Å². The van der Waals surface area contributed by atoms with Gasteiger partial charge in [-0.25, -0.2) is 4.98 Å². The van der Waals surface area contributed by atoms with E-state index in [2.05, 4.69) is 26.4 Å². The Bertz CT molecular complexity index is 812. The van der Waals surface area contributed by atoms with Gasteiger partial charge in [-0.05, 0) is 65.7 Å². The molecule has 0 saturated carbocycles. The fraction of sp³-hybridized carbons (Fsp3) is 0.235. The fourth-order valence-corrected chi connectivity index (χ4v) is 3.35. The van der Waals surface area contributed by atoms with Gasteiger partial charge in [0, 0.05) is 16.2 Å². The first-order valence-corrected chi connectivity index (χ1v) is 8.43. The van der Waals surface area contributed by atoms with Crippen LogP contribution in [0.15, 0.2) is 41.0 Å². The zero-order valence-corrected chi connectivity index (χ0v) is 14.8. The smallest absolute Gasteiger partial charge is 0.140 e.